The summed E-state index contributed by atoms with van der Waals surface area (Å²) in [7, 11) is 0. The lowest BCUT2D eigenvalue weighted by molar-refractivity contribution is 0.190. The number of benzene rings is 1. The Morgan fingerprint density at radius 3 is 2.72 bits per heavy atom. The molecule has 0 spiro atoms. The van der Waals surface area contributed by atoms with Crippen molar-refractivity contribution in [2.75, 3.05) is 13.1 Å². The fourth-order valence-corrected chi connectivity index (χ4v) is 2.78. The van der Waals surface area contributed by atoms with E-state index in [1.807, 2.05) is 18.2 Å². The van der Waals surface area contributed by atoms with E-state index < -0.39 is 0 Å². The second-order valence-corrected chi connectivity index (χ2v) is 5.59. The molecule has 0 saturated carbocycles. The summed E-state index contributed by atoms with van der Waals surface area (Å²) in [5, 5.41) is 0.780. The highest BCUT2D eigenvalue weighted by Gasteiger charge is 2.24. The lowest BCUT2D eigenvalue weighted by Gasteiger charge is -2.36. The third-order valence-electron chi connectivity index (χ3n) is 3.55. The minimum atomic E-state index is 0.0928. The Balaban J connectivity index is 2.24. The van der Waals surface area contributed by atoms with Gasteiger partial charge in [-0.3, -0.25) is 4.90 Å². The molecule has 2 rings (SSSR count). The zero-order valence-corrected chi connectivity index (χ0v) is 11.8. The van der Waals surface area contributed by atoms with Crippen LogP contribution in [0.3, 0.4) is 0 Å². The van der Waals surface area contributed by atoms with Crippen molar-refractivity contribution in [1.29, 1.82) is 0 Å². The molecule has 18 heavy (non-hydrogen) atoms. The minimum Gasteiger partial charge on any atom is -0.326 e. The minimum absolute atomic E-state index is 0.0928. The molecule has 0 bridgehead atoms. The van der Waals surface area contributed by atoms with Crippen molar-refractivity contribution in [1.82, 2.24) is 4.90 Å². The summed E-state index contributed by atoms with van der Waals surface area (Å²) in [4.78, 5) is 2.43. The first-order chi connectivity index (χ1) is 8.58. The van der Waals surface area contributed by atoms with Crippen LogP contribution in [-0.2, 0) is 0 Å². The summed E-state index contributed by atoms with van der Waals surface area (Å²) < 4.78 is 0. The lowest BCUT2D eigenvalue weighted by atomic mass is 9.97. The highest BCUT2D eigenvalue weighted by molar-refractivity contribution is 6.30. The zero-order valence-electron chi connectivity index (χ0n) is 11.1. The van der Waals surface area contributed by atoms with E-state index in [9.17, 15) is 0 Å². The lowest BCUT2D eigenvalue weighted by Crippen LogP contribution is -2.41. The van der Waals surface area contributed by atoms with Gasteiger partial charge in [-0.1, -0.05) is 35.4 Å². The molecule has 2 atom stereocenters. The predicted molar refractivity (Wildman–Crippen MR) is 77.8 cm³/mol. The summed E-state index contributed by atoms with van der Waals surface area (Å²) in [6.07, 6.45) is 3.42. The van der Waals surface area contributed by atoms with Crippen molar-refractivity contribution >= 4 is 11.6 Å². The maximum atomic E-state index is 6.18. The van der Waals surface area contributed by atoms with E-state index in [0.717, 1.165) is 24.5 Å². The van der Waals surface area contributed by atoms with E-state index in [2.05, 4.69) is 30.9 Å². The highest BCUT2D eigenvalue weighted by atomic mass is 35.5. The Morgan fingerprint density at radius 2 is 2.17 bits per heavy atom. The largest absolute Gasteiger partial charge is 0.326 e. The van der Waals surface area contributed by atoms with Crippen LogP contribution in [-0.4, -0.2) is 24.0 Å². The van der Waals surface area contributed by atoms with E-state index in [0.29, 0.717) is 0 Å². The van der Waals surface area contributed by atoms with Crippen LogP contribution in [0.1, 0.15) is 31.9 Å². The van der Waals surface area contributed by atoms with Gasteiger partial charge < -0.3 is 5.73 Å². The quantitative estimate of drug-likeness (QED) is 0.848. The van der Waals surface area contributed by atoms with E-state index in [1.165, 1.54) is 11.1 Å². The van der Waals surface area contributed by atoms with Crippen molar-refractivity contribution in [2.24, 2.45) is 5.73 Å². The Hall–Kier alpha value is -0.830. The monoisotopic (exact) mass is 264 g/mol. The summed E-state index contributed by atoms with van der Waals surface area (Å²) in [6.45, 7) is 6.31. The predicted octanol–water partition coefficient (Wildman–Crippen LogP) is 3.38. The highest BCUT2D eigenvalue weighted by Crippen LogP contribution is 2.28. The fraction of sp³-hybridized carbons (Fsp3) is 0.467. The van der Waals surface area contributed by atoms with Gasteiger partial charge in [0.1, 0.15) is 0 Å². The van der Waals surface area contributed by atoms with Crippen LogP contribution in [0.4, 0.5) is 0 Å². The van der Waals surface area contributed by atoms with Crippen molar-refractivity contribution in [3.05, 3.63) is 46.5 Å². The number of halogens is 1. The van der Waals surface area contributed by atoms with E-state index in [-0.39, 0.29) is 12.1 Å². The molecule has 0 radical (unpaired) electrons. The van der Waals surface area contributed by atoms with Crippen LogP contribution < -0.4 is 5.73 Å². The molecule has 3 heteroatoms. The van der Waals surface area contributed by atoms with Gasteiger partial charge in [0.2, 0.25) is 0 Å². The van der Waals surface area contributed by atoms with Crippen molar-refractivity contribution in [3.63, 3.8) is 0 Å². The Kier molecular flexibility index (Phi) is 4.44. The van der Waals surface area contributed by atoms with Crippen LogP contribution in [0.5, 0.6) is 0 Å². The molecule has 0 saturated heterocycles. The number of nitrogens with two attached hydrogens (primary N) is 1. The van der Waals surface area contributed by atoms with Crippen LogP contribution in [0, 0.1) is 0 Å². The van der Waals surface area contributed by atoms with Gasteiger partial charge in [-0.2, -0.15) is 0 Å². The maximum absolute atomic E-state index is 6.18. The molecule has 0 aromatic heterocycles. The van der Waals surface area contributed by atoms with Crippen LogP contribution in [0.2, 0.25) is 5.02 Å². The SMILES string of the molecule is CC1=CCN(C(c2cccc(Cl)c2)C(C)N)CC1. The second kappa shape index (κ2) is 5.87. The topological polar surface area (TPSA) is 29.3 Å². The first-order valence-corrected chi connectivity index (χ1v) is 6.86. The van der Waals surface area contributed by atoms with Gasteiger partial charge in [-0.05, 0) is 38.0 Å². The van der Waals surface area contributed by atoms with E-state index >= 15 is 0 Å². The van der Waals surface area contributed by atoms with Crippen molar-refractivity contribution < 1.29 is 0 Å². The van der Waals surface area contributed by atoms with Gasteiger partial charge in [0, 0.05) is 30.2 Å². The van der Waals surface area contributed by atoms with Gasteiger partial charge in [-0.15, -0.1) is 0 Å². The molecule has 0 aliphatic carbocycles. The third kappa shape index (κ3) is 3.14. The van der Waals surface area contributed by atoms with Gasteiger partial charge in [-0.25, -0.2) is 0 Å². The molecule has 98 valence electrons. The van der Waals surface area contributed by atoms with Crippen molar-refractivity contribution in [3.8, 4) is 0 Å². The normalized spacial score (nSPS) is 20.3. The molecular formula is C15H21ClN2. The van der Waals surface area contributed by atoms with Crippen molar-refractivity contribution in [2.45, 2.75) is 32.4 Å². The Labute approximate surface area is 114 Å². The van der Waals surface area contributed by atoms with E-state index in [1.54, 1.807) is 0 Å². The third-order valence-corrected chi connectivity index (χ3v) is 3.78. The first kappa shape index (κ1) is 13.6. The number of hydrogen-bond acceptors (Lipinski definition) is 2. The Morgan fingerprint density at radius 1 is 1.39 bits per heavy atom. The molecule has 1 aromatic rings. The molecule has 1 aliphatic heterocycles. The smallest absolute Gasteiger partial charge is 0.0500 e. The first-order valence-electron chi connectivity index (χ1n) is 6.48. The van der Waals surface area contributed by atoms with Crippen LogP contribution >= 0.6 is 11.6 Å². The van der Waals surface area contributed by atoms with Crippen LogP contribution in [0.15, 0.2) is 35.9 Å². The molecule has 1 aliphatic rings. The maximum Gasteiger partial charge on any atom is 0.0500 e. The van der Waals surface area contributed by atoms with Gasteiger partial charge in [0.25, 0.3) is 0 Å². The molecule has 2 N–H and O–H groups in total. The summed E-state index contributed by atoms with van der Waals surface area (Å²) >= 11 is 6.08. The van der Waals surface area contributed by atoms with Gasteiger partial charge in [0.15, 0.2) is 0 Å². The average molecular weight is 265 g/mol. The molecule has 0 fully saturated rings. The standard InChI is InChI=1S/C15H21ClN2/c1-11-6-8-18(9-7-11)15(12(2)17)13-4-3-5-14(16)10-13/h3-6,10,12,15H,7-9,17H2,1-2H3. The second-order valence-electron chi connectivity index (χ2n) is 5.15. The average Bonchev–Trinajstić information content (AvgIpc) is 2.32. The number of nitrogens with zero attached hydrogens (tertiary/aromatic N) is 1. The molecule has 1 aromatic carbocycles. The van der Waals surface area contributed by atoms with Gasteiger partial charge >= 0.3 is 0 Å². The number of rotatable bonds is 3. The summed E-state index contributed by atoms with van der Waals surface area (Å²) in [5.41, 5.74) is 8.87. The molecule has 2 unspecified atom stereocenters. The van der Waals surface area contributed by atoms with E-state index in [4.69, 9.17) is 17.3 Å². The Bertz CT molecular complexity index is 440. The number of hydrogen-bond donors (Lipinski definition) is 1. The molecule has 2 nitrogen and oxygen atoms in total. The zero-order chi connectivity index (χ0) is 13.1. The summed E-state index contributed by atoms with van der Waals surface area (Å²) in [5.74, 6) is 0. The van der Waals surface area contributed by atoms with Crippen LogP contribution in [0.25, 0.3) is 0 Å². The fourth-order valence-electron chi connectivity index (χ4n) is 2.58. The van der Waals surface area contributed by atoms with Gasteiger partial charge in [0.05, 0.1) is 0 Å². The molecule has 1 heterocycles. The molecular weight excluding hydrogens is 244 g/mol. The summed E-state index contributed by atoms with van der Waals surface area (Å²) in [6, 6.07) is 8.39. The molecule has 0 amide bonds.